The number of carbonyl (C=O) groups is 2. The second kappa shape index (κ2) is 6.49. The van der Waals surface area contributed by atoms with Gasteiger partial charge in [0.2, 0.25) is 5.91 Å². The van der Waals surface area contributed by atoms with Crippen molar-refractivity contribution in [2.75, 3.05) is 4.90 Å². The Morgan fingerprint density at radius 2 is 1.65 bits per heavy atom. The van der Waals surface area contributed by atoms with E-state index in [1.165, 1.54) is 55.5 Å². The van der Waals surface area contributed by atoms with Gasteiger partial charge >= 0.3 is 0 Å². The number of non-ortho nitro benzene ring substituents is 1. The summed E-state index contributed by atoms with van der Waals surface area (Å²) in [6.07, 6.45) is 0. The fraction of sp³-hybridized carbons (Fsp3) is 0.0625. The summed E-state index contributed by atoms with van der Waals surface area (Å²) >= 11 is 0. The van der Waals surface area contributed by atoms with Gasteiger partial charge < -0.3 is 0 Å². The van der Waals surface area contributed by atoms with Crippen LogP contribution in [0.3, 0.4) is 0 Å². The van der Waals surface area contributed by atoms with E-state index in [1.807, 2.05) is 6.07 Å². The topological polar surface area (TPSA) is 104 Å². The van der Waals surface area contributed by atoms with Gasteiger partial charge in [0.05, 0.1) is 22.2 Å². The van der Waals surface area contributed by atoms with E-state index in [9.17, 15) is 19.7 Å². The molecule has 0 aliphatic rings. The molecule has 2 amide bonds. The standard InChI is InChI=1S/C16H11N3O4/c1-11(20)18(14-6-2-12(10-17)3-7-14)16(21)13-4-8-15(9-5-13)19(22)23/h2-9H,1H3. The number of benzene rings is 2. The summed E-state index contributed by atoms with van der Waals surface area (Å²) in [7, 11) is 0. The minimum Gasteiger partial charge on any atom is -0.274 e. The molecule has 114 valence electrons. The number of hydrogen-bond donors (Lipinski definition) is 0. The highest BCUT2D eigenvalue weighted by Gasteiger charge is 2.22. The number of rotatable bonds is 3. The van der Waals surface area contributed by atoms with Crippen LogP contribution < -0.4 is 4.90 Å². The maximum absolute atomic E-state index is 12.5. The van der Waals surface area contributed by atoms with Crippen LogP contribution in [-0.4, -0.2) is 16.7 Å². The van der Waals surface area contributed by atoms with Crippen LogP contribution in [0.15, 0.2) is 48.5 Å². The van der Waals surface area contributed by atoms with Crippen molar-refractivity contribution in [2.24, 2.45) is 0 Å². The minimum atomic E-state index is -0.600. The average molecular weight is 309 g/mol. The Morgan fingerprint density at radius 3 is 2.09 bits per heavy atom. The summed E-state index contributed by atoms with van der Waals surface area (Å²) in [4.78, 5) is 35.3. The zero-order valence-electron chi connectivity index (χ0n) is 12.1. The van der Waals surface area contributed by atoms with E-state index in [0.29, 0.717) is 11.3 Å². The molecule has 0 aliphatic carbocycles. The van der Waals surface area contributed by atoms with Gasteiger partial charge in [0.25, 0.3) is 11.6 Å². The first-order chi connectivity index (χ1) is 10.9. The van der Waals surface area contributed by atoms with Gasteiger partial charge in [-0.15, -0.1) is 0 Å². The number of nitro groups is 1. The van der Waals surface area contributed by atoms with Crippen molar-refractivity contribution >= 4 is 23.2 Å². The number of imide groups is 1. The molecule has 0 radical (unpaired) electrons. The Kier molecular flexibility index (Phi) is 4.47. The van der Waals surface area contributed by atoms with Crippen molar-refractivity contribution in [1.82, 2.24) is 0 Å². The summed E-state index contributed by atoms with van der Waals surface area (Å²) in [5, 5.41) is 19.4. The molecule has 2 aromatic carbocycles. The molecule has 0 heterocycles. The van der Waals surface area contributed by atoms with Crippen molar-refractivity contribution < 1.29 is 14.5 Å². The van der Waals surface area contributed by atoms with E-state index in [2.05, 4.69) is 0 Å². The average Bonchev–Trinajstić information content (AvgIpc) is 2.55. The molecule has 0 saturated heterocycles. The molecule has 23 heavy (non-hydrogen) atoms. The van der Waals surface area contributed by atoms with Crippen molar-refractivity contribution in [1.29, 1.82) is 5.26 Å². The number of anilines is 1. The summed E-state index contributed by atoms with van der Waals surface area (Å²) in [6.45, 7) is 1.24. The third-order valence-corrected chi connectivity index (χ3v) is 3.10. The summed E-state index contributed by atoms with van der Waals surface area (Å²) in [6, 6.07) is 12.9. The number of amides is 2. The molecular weight excluding hydrogens is 298 g/mol. The van der Waals surface area contributed by atoms with Gasteiger partial charge in [-0.2, -0.15) is 5.26 Å². The molecule has 0 unspecified atom stereocenters. The van der Waals surface area contributed by atoms with Gasteiger partial charge in [-0.25, -0.2) is 4.90 Å². The van der Waals surface area contributed by atoms with Gasteiger partial charge in [-0.3, -0.25) is 19.7 Å². The Morgan fingerprint density at radius 1 is 1.09 bits per heavy atom. The SMILES string of the molecule is CC(=O)N(C(=O)c1ccc([N+](=O)[O-])cc1)c1ccc(C#N)cc1. The first-order valence-electron chi connectivity index (χ1n) is 6.53. The van der Waals surface area contributed by atoms with Gasteiger partial charge in [-0.05, 0) is 36.4 Å². The first kappa shape index (κ1) is 15.9. The molecule has 7 heteroatoms. The van der Waals surface area contributed by atoms with Crippen molar-refractivity contribution in [3.8, 4) is 6.07 Å². The Labute approximate surface area is 131 Å². The molecule has 0 atom stereocenters. The zero-order valence-corrected chi connectivity index (χ0v) is 12.1. The van der Waals surface area contributed by atoms with E-state index < -0.39 is 16.7 Å². The van der Waals surface area contributed by atoms with Crippen LogP contribution in [0.2, 0.25) is 0 Å². The van der Waals surface area contributed by atoms with Crippen LogP contribution in [-0.2, 0) is 4.79 Å². The smallest absolute Gasteiger partial charge is 0.269 e. The number of nitro benzene ring substituents is 1. The quantitative estimate of drug-likeness (QED) is 0.640. The molecule has 2 aromatic rings. The molecule has 0 saturated carbocycles. The minimum absolute atomic E-state index is 0.144. The van der Waals surface area contributed by atoms with Crippen LogP contribution in [0.25, 0.3) is 0 Å². The lowest BCUT2D eigenvalue weighted by atomic mass is 10.1. The van der Waals surface area contributed by atoms with Crippen LogP contribution in [0, 0.1) is 21.4 Å². The summed E-state index contributed by atoms with van der Waals surface area (Å²) < 4.78 is 0. The van der Waals surface area contributed by atoms with E-state index >= 15 is 0 Å². The second-order valence-corrected chi connectivity index (χ2v) is 4.62. The van der Waals surface area contributed by atoms with Gasteiger partial charge in [0.1, 0.15) is 0 Å². The lowest BCUT2D eigenvalue weighted by Crippen LogP contribution is -2.35. The maximum atomic E-state index is 12.5. The molecule has 0 spiro atoms. The number of nitrogens with zero attached hydrogens (tertiary/aromatic N) is 3. The van der Waals surface area contributed by atoms with Crippen LogP contribution in [0.4, 0.5) is 11.4 Å². The highest BCUT2D eigenvalue weighted by Crippen LogP contribution is 2.20. The predicted molar refractivity (Wildman–Crippen MR) is 81.7 cm³/mol. The van der Waals surface area contributed by atoms with E-state index in [0.717, 1.165) is 4.90 Å². The lowest BCUT2D eigenvalue weighted by molar-refractivity contribution is -0.384. The number of hydrogen-bond acceptors (Lipinski definition) is 5. The van der Waals surface area contributed by atoms with Crippen molar-refractivity contribution in [3.63, 3.8) is 0 Å². The first-order valence-corrected chi connectivity index (χ1v) is 6.53. The largest absolute Gasteiger partial charge is 0.274 e. The molecular formula is C16H11N3O4. The fourth-order valence-electron chi connectivity index (χ4n) is 1.98. The van der Waals surface area contributed by atoms with Crippen molar-refractivity contribution in [3.05, 3.63) is 69.8 Å². The predicted octanol–water partition coefficient (Wildman–Crippen LogP) is 2.66. The molecule has 7 nitrogen and oxygen atoms in total. The van der Waals surface area contributed by atoms with E-state index in [1.54, 1.807) is 0 Å². The van der Waals surface area contributed by atoms with Crippen LogP contribution >= 0.6 is 0 Å². The molecule has 0 bridgehead atoms. The van der Waals surface area contributed by atoms with E-state index in [-0.39, 0.29) is 11.3 Å². The number of nitriles is 1. The molecule has 0 aromatic heterocycles. The highest BCUT2D eigenvalue weighted by molar-refractivity contribution is 6.20. The third kappa shape index (κ3) is 3.39. The fourth-order valence-corrected chi connectivity index (χ4v) is 1.98. The summed E-state index contributed by atoms with van der Waals surface area (Å²) in [5.41, 5.74) is 0.726. The van der Waals surface area contributed by atoms with Crippen LogP contribution in [0.1, 0.15) is 22.8 Å². The lowest BCUT2D eigenvalue weighted by Gasteiger charge is -2.19. The highest BCUT2D eigenvalue weighted by atomic mass is 16.6. The van der Waals surface area contributed by atoms with Crippen molar-refractivity contribution in [2.45, 2.75) is 6.92 Å². The normalized spacial score (nSPS) is 9.74. The maximum Gasteiger partial charge on any atom is 0.269 e. The Bertz CT molecular complexity index is 805. The van der Waals surface area contributed by atoms with E-state index in [4.69, 9.17) is 5.26 Å². The van der Waals surface area contributed by atoms with Gasteiger partial charge in [0, 0.05) is 24.6 Å². The Balaban J connectivity index is 2.36. The van der Waals surface area contributed by atoms with Gasteiger partial charge in [0.15, 0.2) is 0 Å². The zero-order chi connectivity index (χ0) is 17.0. The Hall–Kier alpha value is -3.53. The van der Waals surface area contributed by atoms with Crippen LogP contribution in [0.5, 0.6) is 0 Å². The number of carbonyl (C=O) groups excluding carboxylic acids is 2. The monoisotopic (exact) mass is 309 g/mol. The van der Waals surface area contributed by atoms with Gasteiger partial charge in [-0.1, -0.05) is 0 Å². The molecule has 0 N–H and O–H groups in total. The molecule has 0 fully saturated rings. The third-order valence-electron chi connectivity index (χ3n) is 3.10. The summed E-state index contributed by atoms with van der Waals surface area (Å²) in [5.74, 6) is -1.10. The molecule has 0 aliphatic heterocycles. The molecule has 2 rings (SSSR count). The second-order valence-electron chi connectivity index (χ2n) is 4.62.